The number of rotatable bonds is 9. The Hall–Kier alpha value is 1.18. The number of nitrogens with two attached hydrogens (primary N) is 4. The molecule has 0 amide bonds. The van der Waals surface area contributed by atoms with Crippen LogP contribution in [0.1, 0.15) is 44.9 Å². The van der Waals surface area contributed by atoms with Gasteiger partial charge in [-0.15, -0.1) is 0 Å². The lowest BCUT2D eigenvalue weighted by molar-refractivity contribution is -0.729. The Balaban J connectivity index is 0.00000192. The summed E-state index contributed by atoms with van der Waals surface area (Å²) in [6.45, 7) is 5.13. The van der Waals surface area contributed by atoms with Gasteiger partial charge in [0.05, 0.1) is 13.1 Å². The van der Waals surface area contributed by atoms with Crippen molar-refractivity contribution in [1.82, 2.24) is 0 Å². The molecule has 25 heavy (non-hydrogen) atoms. The first-order chi connectivity index (χ1) is 10.7. The van der Waals surface area contributed by atoms with Gasteiger partial charge < -0.3 is 61.6 Å². The molecule has 8 heteroatoms. The van der Waals surface area contributed by atoms with Gasteiger partial charge in [-0.1, -0.05) is 0 Å². The molecule has 0 aromatic heterocycles. The summed E-state index contributed by atoms with van der Waals surface area (Å²) in [7, 11) is 0. The standard InChI is InChI=1S/C17H32N4S.3BrH/c18-16(19)22-5-1-2-20-3-4-21-12-17-9-13-6-14(10-17)8-15(7-13)11-17;;;/h13-15,20-21H,1-12H2,(H3,18,19);3*1H. The zero-order valence-electron chi connectivity index (χ0n) is 15.1. The molecule has 8 N–H and O–H groups in total. The molecular formula is C17H35Br3N4S. The van der Waals surface area contributed by atoms with E-state index in [1.54, 1.807) is 50.3 Å². The van der Waals surface area contributed by atoms with Crippen LogP contribution < -0.4 is 72.7 Å². The molecule has 0 unspecified atom stereocenters. The second-order valence-corrected chi connectivity index (χ2v) is 9.34. The molecule has 0 aromatic carbocycles. The summed E-state index contributed by atoms with van der Waals surface area (Å²) < 4.78 is 0. The number of quaternary nitrogens is 2. The molecule has 150 valence electrons. The SMILES string of the molecule is NC(=[NH2+])SCCC[NH2+]CC[NH2+]CC12CC3CC(CC(C3)C1)C2.[Br-].[Br-].[Br-]. The molecule has 4 aliphatic rings. The van der Waals surface area contributed by atoms with Crippen molar-refractivity contribution < 1.29 is 67.0 Å². The average molecular weight is 567 g/mol. The second-order valence-electron chi connectivity index (χ2n) is 8.17. The zero-order valence-corrected chi connectivity index (χ0v) is 20.6. The van der Waals surface area contributed by atoms with Crippen LogP contribution in [0.3, 0.4) is 0 Å². The summed E-state index contributed by atoms with van der Waals surface area (Å²) in [5.74, 6) is 4.33. The van der Waals surface area contributed by atoms with E-state index in [4.69, 9.17) is 11.1 Å². The molecule has 0 spiro atoms. The topological polar surface area (TPSA) is 84.8 Å². The summed E-state index contributed by atoms with van der Waals surface area (Å²) in [6.07, 6.45) is 10.5. The number of halogens is 3. The number of thioether (sulfide) groups is 1. The van der Waals surface area contributed by atoms with Crippen LogP contribution in [0.2, 0.25) is 0 Å². The molecule has 4 bridgehead atoms. The van der Waals surface area contributed by atoms with E-state index in [2.05, 4.69) is 10.6 Å². The van der Waals surface area contributed by atoms with Gasteiger partial charge >= 0.3 is 0 Å². The lowest BCUT2D eigenvalue weighted by Gasteiger charge is -2.55. The Labute approximate surface area is 188 Å². The van der Waals surface area contributed by atoms with Gasteiger partial charge in [0, 0.05) is 17.6 Å². The molecule has 0 heterocycles. The summed E-state index contributed by atoms with van der Waals surface area (Å²) in [4.78, 5) is 0. The van der Waals surface area contributed by atoms with Crippen LogP contribution in [0.25, 0.3) is 0 Å². The van der Waals surface area contributed by atoms with E-state index in [0.717, 1.165) is 28.9 Å². The molecule has 4 rings (SSSR count). The summed E-state index contributed by atoms with van der Waals surface area (Å²) >= 11 is 1.58. The minimum atomic E-state index is 0. The maximum Gasteiger partial charge on any atom is 0.299 e. The Morgan fingerprint density at radius 1 is 0.920 bits per heavy atom. The van der Waals surface area contributed by atoms with Crippen LogP contribution in [-0.4, -0.2) is 37.1 Å². The van der Waals surface area contributed by atoms with Crippen LogP contribution >= 0.6 is 11.8 Å². The smallest absolute Gasteiger partial charge is 0.299 e. The molecule has 4 aliphatic carbocycles. The van der Waals surface area contributed by atoms with Gasteiger partial charge in [-0.3, -0.25) is 11.1 Å². The molecular weight excluding hydrogens is 532 g/mol. The Morgan fingerprint density at radius 2 is 1.44 bits per heavy atom. The van der Waals surface area contributed by atoms with E-state index in [1.165, 1.54) is 32.6 Å². The maximum absolute atomic E-state index is 5.44. The highest BCUT2D eigenvalue weighted by atomic mass is 79.9. The fourth-order valence-corrected chi connectivity index (χ4v) is 6.29. The summed E-state index contributed by atoms with van der Waals surface area (Å²) in [5.41, 5.74) is 6.17. The van der Waals surface area contributed by atoms with Crippen molar-refractivity contribution in [3.8, 4) is 0 Å². The Kier molecular flexibility index (Phi) is 13.2. The fourth-order valence-electron chi connectivity index (χ4n) is 5.75. The van der Waals surface area contributed by atoms with E-state index < -0.39 is 0 Å². The van der Waals surface area contributed by atoms with Gasteiger partial charge in [-0.05, 0) is 68.0 Å². The fraction of sp³-hybridized carbons (Fsp3) is 0.941. The first-order valence-electron chi connectivity index (χ1n) is 9.29. The van der Waals surface area contributed by atoms with E-state index in [9.17, 15) is 0 Å². The third kappa shape index (κ3) is 7.98. The minimum absolute atomic E-state index is 0. The molecule has 0 saturated heterocycles. The van der Waals surface area contributed by atoms with E-state index >= 15 is 0 Å². The number of hydrogen-bond donors (Lipinski definition) is 4. The predicted molar refractivity (Wildman–Crippen MR) is 92.1 cm³/mol. The molecule has 0 aliphatic heterocycles. The van der Waals surface area contributed by atoms with Crippen molar-refractivity contribution in [1.29, 1.82) is 0 Å². The third-order valence-corrected chi connectivity index (χ3v) is 6.96. The van der Waals surface area contributed by atoms with Gasteiger partial charge in [0.15, 0.2) is 0 Å². The highest BCUT2D eigenvalue weighted by Gasteiger charge is 2.51. The van der Waals surface area contributed by atoms with Crippen molar-refractivity contribution in [2.45, 2.75) is 44.9 Å². The van der Waals surface area contributed by atoms with Crippen molar-refractivity contribution in [3.63, 3.8) is 0 Å². The maximum atomic E-state index is 5.44. The van der Waals surface area contributed by atoms with Crippen molar-refractivity contribution >= 4 is 16.9 Å². The predicted octanol–water partition coefficient (Wildman–Crippen LogP) is -10.5. The Morgan fingerprint density at radius 3 is 1.96 bits per heavy atom. The van der Waals surface area contributed by atoms with Crippen LogP contribution in [0.4, 0.5) is 0 Å². The van der Waals surface area contributed by atoms with Crippen molar-refractivity contribution in [2.24, 2.45) is 28.9 Å². The first kappa shape index (κ1) is 26.2. The molecule has 0 radical (unpaired) electrons. The molecule has 4 fully saturated rings. The van der Waals surface area contributed by atoms with Gasteiger partial charge in [-0.25, -0.2) is 0 Å². The van der Waals surface area contributed by atoms with Gasteiger partial charge in [0.2, 0.25) is 0 Å². The molecule has 4 nitrogen and oxygen atoms in total. The lowest BCUT2D eigenvalue weighted by Crippen LogP contribution is -3.00. The first-order valence-corrected chi connectivity index (χ1v) is 10.3. The van der Waals surface area contributed by atoms with Gasteiger partial charge in [0.25, 0.3) is 5.17 Å². The Bertz CT molecular complexity index is 363. The van der Waals surface area contributed by atoms with Gasteiger partial charge in [-0.2, -0.15) is 0 Å². The van der Waals surface area contributed by atoms with E-state index in [-0.39, 0.29) is 50.9 Å². The van der Waals surface area contributed by atoms with Crippen LogP contribution in [0.15, 0.2) is 0 Å². The average Bonchev–Trinajstić information content (AvgIpc) is 2.43. The number of amidine groups is 1. The third-order valence-electron chi connectivity index (χ3n) is 6.14. The highest BCUT2D eigenvalue weighted by Crippen LogP contribution is 2.59. The van der Waals surface area contributed by atoms with Crippen LogP contribution in [-0.2, 0) is 0 Å². The largest absolute Gasteiger partial charge is 1.00 e. The monoisotopic (exact) mass is 564 g/mol. The van der Waals surface area contributed by atoms with Gasteiger partial charge in [0.1, 0.15) is 13.1 Å². The molecule has 0 aromatic rings. The quantitative estimate of drug-likeness (QED) is 0.127. The van der Waals surface area contributed by atoms with E-state index in [0.29, 0.717) is 5.17 Å². The second kappa shape index (κ2) is 12.6. The van der Waals surface area contributed by atoms with Crippen LogP contribution in [0.5, 0.6) is 0 Å². The van der Waals surface area contributed by atoms with Crippen molar-refractivity contribution in [2.75, 3.05) is 31.9 Å². The minimum Gasteiger partial charge on any atom is -1.00 e. The zero-order chi connectivity index (χ0) is 15.4. The lowest BCUT2D eigenvalue weighted by atomic mass is 9.49. The van der Waals surface area contributed by atoms with E-state index in [1.807, 2.05) is 0 Å². The number of hydrogen-bond acceptors (Lipinski definition) is 1. The summed E-state index contributed by atoms with van der Waals surface area (Å²) in [5, 5.41) is 11.0. The summed E-state index contributed by atoms with van der Waals surface area (Å²) in [6, 6.07) is 0. The molecule has 4 saturated carbocycles. The normalized spacial score (nSPS) is 31.6. The molecule has 0 atom stereocenters. The van der Waals surface area contributed by atoms with Crippen LogP contribution in [0, 0.1) is 23.2 Å². The van der Waals surface area contributed by atoms with Crippen molar-refractivity contribution in [3.05, 3.63) is 0 Å². The highest BCUT2D eigenvalue weighted by molar-refractivity contribution is 8.13.